The number of ether oxygens (including phenoxy) is 3. The van der Waals surface area contributed by atoms with Gasteiger partial charge in [0.05, 0.1) is 27.0 Å². The Bertz CT molecular complexity index is 611. The SMILES string of the molecule is COc1ccc(CNc2cc(C)ccc2OC)c(OC)c1. The summed E-state index contributed by atoms with van der Waals surface area (Å²) in [5.74, 6) is 2.41. The zero-order chi connectivity index (χ0) is 15.2. The maximum atomic E-state index is 5.41. The second-order valence-electron chi connectivity index (χ2n) is 4.74. The summed E-state index contributed by atoms with van der Waals surface area (Å²) in [7, 11) is 4.97. The van der Waals surface area contributed by atoms with Crippen LogP contribution in [-0.4, -0.2) is 21.3 Å². The van der Waals surface area contributed by atoms with Gasteiger partial charge < -0.3 is 19.5 Å². The molecule has 0 saturated carbocycles. The standard InChI is InChI=1S/C17H21NO3/c1-12-5-8-16(20-3)15(9-12)18-11-13-6-7-14(19-2)10-17(13)21-4/h5-10,18H,11H2,1-4H3. The lowest BCUT2D eigenvalue weighted by atomic mass is 10.1. The van der Waals surface area contributed by atoms with Gasteiger partial charge in [0.25, 0.3) is 0 Å². The molecule has 0 aliphatic heterocycles. The Labute approximate surface area is 125 Å². The van der Waals surface area contributed by atoms with E-state index in [2.05, 4.69) is 18.3 Å². The van der Waals surface area contributed by atoms with Crippen molar-refractivity contribution in [1.29, 1.82) is 0 Å². The summed E-state index contributed by atoms with van der Waals surface area (Å²) in [5, 5.41) is 3.39. The molecule has 112 valence electrons. The number of rotatable bonds is 6. The normalized spacial score (nSPS) is 10.1. The minimum Gasteiger partial charge on any atom is -0.497 e. The zero-order valence-corrected chi connectivity index (χ0v) is 12.9. The van der Waals surface area contributed by atoms with Gasteiger partial charge in [-0.2, -0.15) is 0 Å². The molecule has 2 aromatic rings. The summed E-state index contributed by atoms with van der Waals surface area (Å²) >= 11 is 0. The van der Waals surface area contributed by atoms with Crippen molar-refractivity contribution in [3.8, 4) is 17.2 Å². The van der Waals surface area contributed by atoms with Gasteiger partial charge in [0.2, 0.25) is 0 Å². The number of anilines is 1. The maximum absolute atomic E-state index is 5.41. The molecule has 0 aliphatic rings. The number of methoxy groups -OCH3 is 3. The van der Waals surface area contributed by atoms with E-state index in [1.54, 1.807) is 21.3 Å². The van der Waals surface area contributed by atoms with Crippen LogP contribution in [0, 0.1) is 6.92 Å². The van der Waals surface area contributed by atoms with Crippen LogP contribution in [0.3, 0.4) is 0 Å². The number of hydrogen-bond acceptors (Lipinski definition) is 4. The van der Waals surface area contributed by atoms with Crippen molar-refractivity contribution in [1.82, 2.24) is 0 Å². The van der Waals surface area contributed by atoms with Crippen molar-refractivity contribution in [2.24, 2.45) is 0 Å². The average molecular weight is 287 g/mol. The Hall–Kier alpha value is -2.36. The fraction of sp³-hybridized carbons (Fsp3) is 0.294. The Kier molecular flexibility index (Phi) is 4.93. The first-order valence-corrected chi connectivity index (χ1v) is 6.77. The number of hydrogen-bond donors (Lipinski definition) is 1. The van der Waals surface area contributed by atoms with Crippen LogP contribution in [-0.2, 0) is 6.54 Å². The molecule has 0 amide bonds. The van der Waals surface area contributed by atoms with Gasteiger partial charge in [-0.3, -0.25) is 0 Å². The largest absolute Gasteiger partial charge is 0.497 e. The van der Waals surface area contributed by atoms with Crippen molar-refractivity contribution in [3.63, 3.8) is 0 Å². The molecule has 4 nitrogen and oxygen atoms in total. The Morgan fingerprint density at radius 1 is 0.857 bits per heavy atom. The van der Waals surface area contributed by atoms with Crippen molar-refractivity contribution < 1.29 is 14.2 Å². The highest BCUT2D eigenvalue weighted by Crippen LogP contribution is 2.28. The highest BCUT2D eigenvalue weighted by Gasteiger charge is 2.07. The second kappa shape index (κ2) is 6.88. The highest BCUT2D eigenvalue weighted by atomic mass is 16.5. The van der Waals surface area contributed by atoms with Gasteiger partial charge in [-0.05, 0) is 36.8 Å². The fourth-order valence-corrected chi connectivity index (χ4v) is 2.15. The molecule has 0 spiro atoms. The average Bonchev–Trinajstić information content (AvgIpc) is 2.52. The van der Waals surface area contributed by atoms with E-state index < -0.39 is 0 Å². The van der Waals surface area contributed by atoms with E-state index in [-0.39, 0.29) is 0 Å². The molecule has 2 aromatic carbocycles. The third-order valence-corrected chi connectivity index (χ3v) is 3.32. The minimum atomic E-state index is 0.646. The number of aryl methyl sites for hydroxylation is 1. The summed E-state index contributed by atoms with van der Waals surface area (Å²) in [6.07, 6.45) is 0. The van der Waals surface area contributed by atoms with E-state index in [4.69, 9.17) is 14.2 Å². The molecule has 0 aromatic heterocycles. The van der Waals surface area contributed by atoms with Gasteiger partial charge in [-0.25, -0.2) is 0 Å². The fourth-order valence-electron chi connectivity index (χ4n) is 2.15. The summed E-state index contributed by atoms with van der Waals surface area (Å²) in [6, 6.07) is 11.8. The van der Waals surface area contributed by atoms with Crippen LogP contribution in [0.1, 0.15) is 11.1 Å². The Balaban J connectivity index is 2.18. The van der Waals surface area contributed by atoms with Gasteiger partial charge in [0, 0.05) is 18.2 Å². The molecule has 0 aliphatic carbocycles. The van der Waals surface area contributed by atoms with Crippen molar-refractivity contribution in [3.05, 3.63) is 47.5 Å². The van der Waals surface area contributed by atoms with Gasteiger partial charge >= 0.3 is 0 Å². The summed E-state index contributed by atoms with van der Waals surface area (Å²) in [4.78, 5) is 0. The summed E-state index contributed by atoms with van der Waals surface area (Å²) in [5.41, 5.74) is 3.21. The summed E-state index contributed by atoms with van der Waals surface area (Å²) in [6.45, 7) is 2.70. The van der Waals surface area contributed by atoms with E-state index in [0.29, 0.717) is 6.54 Å². The molecule has 4 heteroatoms. The lowest BCUT2D eigenvalue weighted by Gasteiger charge is -2.14. The first-order valence-electron chi connectivity index (χ1n) is 6.77. The molecule has 0 saturated heterocycles. The van der Waals surface area contributed by atoms with Crippen LogP contribution in [0.5, 0.6) is 17.2 Å². The molecular formula is C17H21NO3. The molecule has 21 heavy (non-hydrogen) atoms. The van der Waals surface area contributed by atoms with E-state index >= 15 is 0 Å². The smallest absolute Gasteiger partial charge is 0.141 e. The van der Waals surface area contributed by atoms with E-state index in [0.717, 1.165) is 28.5 Å². The molecule has 0 radical (unpaired) electrons. The van der Waals surface area contributed by atoms with Crippen LogP contribution in [0.2, 0.25) is 0 Å². The Morgan fingerprint density at radius 2 is 1.62 bits per heavy atom. The highest BCUT2D eigenvalue weighted by molar-refractivity contribution is 5.58. The van der Waals surface area contributed by atoms with Gasteiger partial charge in [0.1, 0.15) is 17.2 Å². The molecule has 0 atom stereocenters. The van der Waals surface area contributed by atoms with Gasteiger partial charge in [0.15, 0.2) is 0 Å². The molecular weight excluding hydrogens is 266 g/mol. The zero-order valence-electron chi connectivity index (χ0n) is 12.9. The molecule has 0 unspecified atom stereocenters. The van der Waals surface area contributed by atoms with Crippen LogP contribution in [0.25, 0.3) is 0 Å². The van der Waals surface area contributed by atoms with Crippen molar-refractivity contribution in [2.75, 3.05) is 26.6 Å². The van der Waals surface area contributed by atoms with Crippen molar-refractivity contribution >= 4 is 5.69 Å². The van der Waals surface area contributed by atoms with E-state index in [9.17, 15) is 0 Å². The molecule has 0 bridgehead atoms. The topological polar surface area (TPSA) is 39.7 Å². The van der Waals surface area contributed by atoms with E-state index in [1.807, 2.05) is 30.3 Å². The minimum absolute atomic E-state index is 0.646. The first-order chi connectivity index (χ1) is 10.2. The van der Waals surface area contributed by atoms with Gasteiger partial charge in [-0.1, -0.05) is 6.07 Å². The third kappa shape index (κ3) is 3.60. The first kappa shape index (κ1) is 15.0. The quantitative estimate of drug-likeness (QED) is 0.880. The van der Waals surface area contributed by atoms with Crippen LogP contribution < -0.4 is 19.5 Å². The maximum Gasteiger partial charge on any atom is 0.141 e. The second-order valence-corrected chi connectivity index (χ2v) is 4.74. The predicted molar refractivity (Wildman–Crippen MR) is 84.6 cm³/mol. The van der Waals surface area contributed by atoms with Crippen LogP contribution >= 0.6 is 0 Å². The van der Waals surface area contributed by atoms with Crippen LogP contribution in [0.15, 0.2) is 36.4 Å². The van der Waals surface area contributed by atoms with Crippen molar-refractivity contribution in [2.45, 2.75) is 13.5 Å². The molecule has 0 fully saturated rings. The molecule has 2 rings (SSSR count). The molecule has 0 heterocycles. The lowest BCUT2D eigenvalue weighted by Crippen LogP contribution is -2.03. The Morgan fingerprint density at radius 3 is 2.29 bits per heavy atom. The number of nitrogens with one attached hydrogen (secondary N) is 1. The summed E-state index contributed by atoms with van der Waals surface area (Å²) < 4.78 is 16.0. The van der Waals surface area contributed by atoms with E-state index in [1.165, 1.54) is 5.56 Å². The third-order valence-electron chi connectivity index (χ3n) is 3.32. The van der Waals surface area contributed by atoms with Crippen LogP contribution in [0.4, 0.5) is 5.69 Å². The van der Waals surface area contributed by atoms with Gasteiger partial charge in [-0.15, -0.1) is 0 Å². The predicted octanol–water partition coefficient (Wildman–Crippen LogP) is 3.63. The monoisotopic (exact) mass is 287 g/mol. The lowest BCUT2D eigenvalue weighted by molar-refractivity contribution is 0.391. The number of benzene rings is 2. The molecule has 1 N–H and O–H groups in total.